The van der Waals surface area contributed by atoms with E-state index in [2.05, 4.69) is 10.2 Å². The SMILES string of the molecule is O=[N+]([O-])c1cc([N+](=O)[O-])c(NCCN2CCCCC2)cc1Cl. The van der Waals surface area contributed by atoms with Crippen molar-refractivity contribution in [3.8, 4) is 0 Å². The van der Waals surface area contributed by atoms with Crippen molar-refractivity contribution in [2.45, 2.75) is 19.3 Å². The highest BCUT2D eigenvalue weighted by Crippen LogP contribution is 2.35. The molecule has 1 saturated heterocycles. The summed E-state index contributed by atoms with van der Waals surface area (Å²) < 4.78 is 0. The molecular weight excluding hydrogens is 312 g/mol. The van der Waals surface area contributed by atoms with Crippen LogP contribution in [0.15, 0.2) is 12.1 Å². The number of benzene rings is 1. The number of hydrogen-bond donors (Lipinski definition) is 1. The predicted octanol–water partition coefficient (Wildman–Crippen LogP) is 3.05. The largest absolute Gasteiger partial charge is 0.378 e. The molecule has 9 heteroatoms. The molecule has 0 aliphatic carbocycles. The molecule has 0 radical (unpaired) electrons. The Bertz CT molecular complexity index is 575. The van der Waals surface area contributed by atoms with Gasteiger partial charge in [0, 0.05) is 13.1 Å². The maximum absolute atomic E-state index is 11.1. The van der Waals surface area contributed by atoms with Crippen LogP contribution in [0.3, 0.4) is 0 Å². The Balaban J connectivity index is 2.07. The van der Waals surface area contributed by atoms with Crippen LogP contribution in [-0.4, -0.2) is 40.9 Å². The highest BCUT2D eigenvalue weighted by atomic mass is 35.5. The number of halogens is 1. The van der Waals surface area contributed by atoms with Gasteiger partial charge in [-0.05, 0) is 32.0 Å². The topological polar surface area (TPSA) is 102 Å². The molecule has 1 aromatic carbocycles. The molecule has 1 heterocycles. The zero-order valence-electron chi connectivity index (χ0n) is 12.0. The lowest BCUT2D eigenvalue weighted by Crippen LogP contribution is -2.33. The van der Waals surface area contributed by atoms with Crippen LogP contribution in [0, 0.1) is 20.2 Å². The van der Waals surface area contributed by atoms with Crippen molar-refractivity contribution in [1.29, 1.82) is 0 Å². The average Bonchev–Trinajstić information content (AvgIpc) is 2.47. The van der Waals surface area contributed by atoms with E-state index in [1.807, 2.05) is 0 Å². The first kappa shape index (κ1) is 16.4. The summed E-state index contributed by atoms with van der Waals surface area (Å²) in [5.74, 6) is 0. The smallest absolute Gasteiger partial charge is 0.299 e. The fourth-order valence-electron chi connectivity index (χ4n) is 2.52. The number of hydrogen-bond acceptors (Lipinski definition) is 6. The van der Waals surface area contributed by atoms with Gasteiger partial charge in [-0.25, -0.2) is 0 Å². The van der Waals surface area contributed by atoms with Gasteiger partial charge in [-0.2, -0.15) is 0 Å². The quantitative estimate of drug-likeness (QED) is 0.636. The molecule has 1 aliphatic rings. The molecule has 1 aliphatic heterocycles. The van der Waals surface area contributed by atoms with E-state index in [9.17, 15) is 20.2 Å². The molecule has 2 rings (SSSR count). The number of nitrogens with zero attached hydrogens (tertiary/aromatic N) is 3. The molecule has 1 fully saturated rings. The highest BCUT2D eigenvalue weighted by molar-refractivity contribution is 6.33. The van der Waals surface area contributed by atoms with Crippen LogP contribution in [0.1, 0.15) is 19.3 Å². The standard InChI is InChI=1S/C13H17ClN4O4/c14-10-8-11(13(18(21)22)9-12(10)17(19)20)15-4-7-16-5-2-1-3-6-16/h8-9,15H,1-7H2. The number of anilines is 1. The Morgan fingerprint density at radius 2 is 1.73 bits per heavy atom. The van der Waals surface area contributed by atoms with E-state index < -0.39 is 15.5 Å². The minimum Gasteiger partial charge on any atom is -0.378 e. The molecule has 8 nitrogen and oxygen atoms in total. The van der Waals surface area contributed by atoms with Gasteiger partial charge in [-0.1, -0.05) is 18.0 Å². The van der Waals surface area contributed by atoms with Crippen molar-refractivity contribution >= 4 is 28.7 Å². The zero-order chi connectivity index (χ0) is 16.1. The van der Waals surface area contributed by atoms with Crippen LogP contribution >= 0.6 is 11.6 Å². The molecule has 0 atom stereocenters. The predicted molar refractivity (Wildman–Crippen MR) is 83.5 cm³/mol. The van der Waals surface area contributed by atoms with Crippen molar-refractivity contribution in [1.82, 2.24) is 4.90 Å². The first-order chi connectivity index (χ1) is 10.5. The number of nitrogens with one attached hydrogen (secondary N) is 1. The first-order valence-corrected chi connectivity index (χ1v) is 7.45. The van der Waals surface area contributed by atoms with Gasteiger partial charge in [0.25, 0.3) is 11.4 Å². The number of nitro benzene ring substituents is 2. The average molecular weight is 329 g/mol. The summed E-state index contributed by atoms with van der Waals surface area (Å²) in [5.41, 5.74) is -0.595. The van der Waals surface area contributed by atoms with Crippen molar-refractivity contribution in [3.63, 3.8) is 0 Å². The molecular formula is C13H17ClN4O4. The lowest BCUT2D eigenvalue weighted by Gasteiger charge is -2.26. The second-order valence-corrected chi connectivity index (χ2v) is 5.57. The van der Waals surface area contributed by atoms with E-state index in [-0.39, 0.29) is 16.4 Å². The van der Waals surface area contributed by atoms with Crippen LogP contribution in [0.25, 0.3) is 0 Å². The van der Waals surface area contributed by atoms with Crippen LogP contribution in [0.4, 0.5) is 17.1 Å². The van der Waals surface area contributed by atoms with Gasteiger partial charge in [0.05, 0.1) is 15.9 Å². The van der Waals surface area contributed by atoms with Gasteiger partial charge in [-0.15, -0.1) is 0 Å². The molecule has 120 valence electrons. The molecule has 0 amide bonds. The minimum atomic E-state index is -0.729. The van der Waals surface area contributed by atoms with Crippen molar-refractivity contribution in [3.05, 3.63) is 37.4 Å². The maximum atomic E-state index is 11.1. The Labute approximate surface area is 132 Å². The van der Waals surface area contributed by atoms with Gasteiger partial charge >= 0.3 is 0 Å². The van der Waals surface area contributed by atoms with Gasteiger partial charge in [0.2, 0.25) is 0 Å². The Morgan fingerprint density at radius 1 is 1.09 bits per heavy atom. The maximum Gasteiger partial charge on any atom is 0.299 e. The summed E-state index contributed by atoms with van der Waals surface area (Å²) in [5, 5.41) is 24.7. The van der Waals surface area contributed by atoms with Crippen LogP contribution in [-0.2, 0) is 0 Å². The van der Waals surface area contributed by atoms with Crippen molar-refractivity contribution in [2.24, 2.45) is 0 Å². The zero-order valence-corrected chi connectivity index (χ0v) is 12.7. The van der Waals surface area contributed by atoms with Gasteiger partial charge in [-0.3, -0.25) is 20.2 Å². The fourth-order valence-corrected chi connectivity index (χ4v) is 2.75. The van der Waals surface area contributed by atoms with Crippen LogP contribution in [0.5, 0.6) is 0 Å². The molecule has 0 saturated carbocycles. The second-order valence-electron chi connectivity index (χ2n) is 5.16. The number of likely N-dealkylation sites (tertiary alicyclic amines) is 1. The lowest BCUT2D eigenvalue weighted by atomic mass is 10.1. The molecule has 0 aromatic heterocycles. The van der Waals surface area contributed by atoms with E-state index in [4.69, 9.17) is 11.6 Å². The monoisotopic (exact) mass is 328 g/mol. The second kappa shape index (κ2) is 7.37. The summed E-state index contributed by atoms with van der Waals surface area (Å²) in [6, 6.07) is 2.14. The Morgan fingerprint density at radius 3 is 2.32 bits per heavy atom. The van der Waals surface area contributed by atoms with E-state index in [0.29, 0.717) is 6.54 Å². The summed E-state index contributed by atoms with van der Waals surface area (Å²) in [6.07, 6.45) is 3.58. The van der Waals surface area contributed by atoms with Crippen molar-refractivity contribution in [2.75, 3.05) is 31.5 Å². The number of nitro groups is 2. The first-order valence-electron chi connectivity index (χ1n) is 7.07. The summed E-state index contributed by atoms with van der Waals surface area (Å²) in [4.78, 5) is 22.8. The van der Waals surface area contributed by atoms with E-state index in [0.717, 1.165) is 25.7 Å². The third kappa shape index (κ3) is 4.05. The van der Waals surface area contributed by atoms with E-state index in [1.165, 1.54) is 25.3 Å². The summed E-state index contributed by atoms with van der Waals surface area (Å²) >= 11 is 5.81. The fraction of sp³-hybridized carbons (Fsp3) is 0.538. The Kier molecular flexibility index (Phi) is 5.51. The highest BCUT2D eigenvalue weighted by Gasteiger charge is 2.23. The summed E-state index contributed by atoms with van der Waals surface area (Å²) in [7, 11) is 0. The molecule has 0 unspecified atom stereocenters. The third-order valence-corrected chi connectivity index (χ3v) is 3.95. The minimum absolute atomic E-state index is 0.115. The van der Waals surface area contributed by atoms with Crippen LogP contribution in [0.2, 0.25) is 5.02 Å². The van der Waals surface area contributed by atoms with Crippen LogP contribution < -0.4 is 5.32 Å². The molecule has 1 N–H and O–H groups in total. The molecule has 22 heavy (non-hydrogen) atoms. The van der Waals surface area contributed by atoms with E-state index >= 15 is 0 Å². The third-order valence-electron chi connectivity index (χ3n) is 3.65. The van der Waals surface area contributed by atoms with Gasteiger partial charge < -0.3 is 10.2 Å². The number of piperidine rings is 1. The molecule has 0 spiro atoms. The molecule has 1 aromatic rings. The molecule has 0 bridgehead atoms. The van der Waals surface area contributed by atoms with E-state index in [1.54, 1.807) is 0 Å². The Hall–Kier alpha value is -1.93. The van der Waals surface area contributed by atoms with Gasteiger partial charge in [0.1, 0.15) is 10.7 Å². The van der Waals surface area contributed by atoms with Crippen molar-refractivity contribution < 1.29 is 9.85 Å². The number of rotatable bonds is 6. The van der Waals surface area contributed by atoms with Gasteiger partial charge in [0.15, 0.2) is 0 Å². The normalized spacial score (nSPS) is 15.5. The summed E-state index contributed by atoms with van der Waals surface area (Å²) in [6.45, 7) is 3.36. The lowest BCUT2D eigenvalue weighted by molar-refractivity contribution is -0.393.